The van der Waals surface area contributed by atoms with E-state index >= 15 is 0 Å². The fraction of sp³-hybridized carbons (Fsp3) is 0.100. The average Bonchev–Trinajstić information content (AvgIpc) is 2.46. The Hall–Kier alpha value is -2.07. The van der Waals surface area contributed by atoms with Gasteiger partial charge in [0, 0.05) is 12.1 Å². The third-order valence-corrected chi connectivity index (χ3v) is 4.65. The monoisotopic (exact) mass is 312 g/mol. The van der Waals surface area contributed by atoms with Crippen LogP contribution in [0.15, 0.2) is 47.4 Å². The van der Waals surface area contributed by atoms with Crippen LogP contribution < -0.4 is 5.32 Å². The molecule has 104 valence electrons. The van der Waals surface area contributed by atoms with Crippen molar-refractivity contribution in [1.29, 1.82) is 0 Å². The van der Waals surface area contributed by atoms with Gasteiger partial charge in [0.05, 0.1) is 16.0 Å². The molecule has 0 fully saturated rings. The van der Waals surface area contributed by atoms with Gasteiger partial charge in [0.2, 0.25) is 0 Å². The summed E-state index contributed by atoms with van der Waals surface area (Å²) in [6.07, 6.45) is 5.62. The van der Waals surface area contributed by atoms with Gasteiger partial charge >= 0.3 is 0 Å². The number of hydrogen-bond donors (Lipinski definition) is 1. The van der Waals surface area contributed by atoms with Crippen LogP contribution in [0.25, 0.3) is 0 Å². The van der Waals surface area contributed by atoms with Crippen LogP contribution in [0.4, 0.5) is 5.69 Å². The molecule has 1 aromatic rings. The molecule has 0 saturated heterocycles. The summed E-state index contributed by atoms with van der Waals surface area (Å²) in [6.45, 7) is 0. The van der Waals surface area contributed by atoms with E-state index in [1.807, 2.05) is 0 Å². The molecule has 0 aromatic carbocycles. The highest BCUT2D eigenvalue weighted by Crippen LogP contribution is 2.34. The van der Waals surface area contributed by atoms with E-state index in [4.69, 9.17) is 0 Å². The second kappa shape index (κ2) is 6.39. The van der Waals surface area contributed by atoms with Crippen molar-refractivity contribution in [1.82, 2.24) is 10.3 Å². The quantitative estimate of drug-likeness (QED) is 0.501. The Bertz CT molecular complexity index is 587. The molecule has 1 unspecified atom stereocenters. The molecule has 0 radical (unpaired) electrons. The molecule has 1 aliphatic rings. The minimum atomic E-state index is -0.510. The van der Waals surface area contributed by atoms with Crippen LogP contribution in [0.2, 0.25) is 0 Å². The van der Waals surface area contributed by atoms with Crippen LogP contribution in [0.3, 0.4) is 0 Å². The summed E-state index contributed by atoms with van der Waals surface area (Å²) in [5.74, 6) is 0. The number of nitrogens with one attached hydrogen (secondary N) is 1. The summed E-state index contributed by atoms with van der Waals surface area (Å²) in [7, 11) is 2.72. The molecule has 2 rings (SSSR count). The number of rotatable bonds is 5. The Balaban J connectivity index is 1.86. The Morgan fingerprint density at radius 2 is 2.05 bits per heavy atom. The molecule has 1 aliphatic heterocycles. The van der Waals surface area contributed by atoms with Crippen LogP contribution in [-0.2, 0) is 0 Å². The summed E-state index contributed by atoms with van der Waals surface area (Å²) in [5.41, 5.74) is -0.0612. The molecule has 1 atom stereocenters. The number of allylic oxidation sites excluding steroid dienone is 1. The molecule has 0 amide bonds. The van der Waals surface area contributed by atoms with Gasteiger partial charge in [0.1, 0.15) is 16.6 Å². The van der Waals surface area contributed by atoms with E-state index in [1.165, 1.54) is 46.1 Å². The summed E-state index contributed by atoms with van der Waals surface area (Å²) in [5, 5.41) is 24.3. The zero-order chi connectivity index (χ0) is 14.5. The van der Waals surface area contributed by atoms with Gasteiger partial charge in [-0.1, -0.05) is 10.8 Å². The smallest absolute Gasteiger partial charge is 0.287 e. The topological polar surface area (TPSA) is 111 Å². The van der Waals surface area contributed by atoms with Gasteiger partial charge in [-0.15, -0.1) is 0 Å². The number of hydrogen-bond acceptors (Lipinski definition) is 8. The number of pyridine rings is 1. The zero-order valence-electron chi connectivity index (χ0n) is 9.83. The van der Waals surface area contributed by atoms with Crippen molar-refractivity contribution in [2.24, 2.45) is 0 Å². The van der Waals surface area contributed by atoms with Crippen molar-refractivity contribution < 1.29 is 9.85 Å². The third-order valence-electron chi connectivity index (χ3n) is 2.22. The lowest BCUT2D eigenvalue weighted by atomic mass is 10.3. The van der Waals surface area contributed by atoms with Gasteiger partial charge in [0.25, 0.3) is 11.4 Å². The first-order valence-electron chi connectivity index (χ1n) is 5.29. The van der Waals surface area contributed by atoms with Gasteiger partial charge in [-0.2, -0.15) is 0 Å². The van der Waals surface area contributed by atoms with Crippen LogP contribution in [-0.4, -0.2) is 20.2 Å². The Morgan fingerprint density at radius 1 is 1.25 bits per heavy atom. The third kappa shape index (κ3) is 3.71. The highest BCUT2D eigenvalue weighted by molar-refractivity contribution is 8.76. The second-order valence-corrected chi connectivity index (χ2v) is 5.93. The van der Waals surface area contributed by atoms with E-state index in [9.17, 15) is 20.2 Å². The number of nitro groups is 2. The lowest BCUT2D eigenvalue weighted by molar-refractivity contribution is -0.419. The lowest BCUT2D eigenvalue weighted by Gasteiger charge is -2.14. The van der Waals surface area contributed by atoms with E-state index in [0.29, 0.717) is 5.03 Å². The second-order valence-electron chi connectivity index (χ2n) is 3.56. The fourth-order valence-corrected chi connectivity index (χ4v) is 3.21. The molecule has 1 aromatic heterocycles. The predicted octanol–water partition coefficient (Wildman–Crippen LogP) is 2.33. The Morgan fingerprint density at radius 3 is 2.55 bits per heavy atom. The maximum atomic E-state index is 10.5. The molecule has 8 nitrogen and oxygen atoms in total. The number of dihydropyridines is 1. The maximum Gasteiger partial charge on any atom is 0.287 e. The molecule has 20 heavy (non-hydrogen) atoms. The van der Waals surface area contributed by atoms with Crippen LogP contribution in [0.5, 0.6) is 0 Å². The van der Waals surface area contributed by atoms with Gasteiger partial charge in [0.15, 0.2) is 0 Å². The largest absolute Gasteiger partial charge is 0.370 e. The van der Waals surface area contributed by atoms with Gasteiger partial charge < -0.3 is 5.32 Å². The molecular weight excluding hydrogens is 304 g/mol. The molecule has 0 aliphatic carbocycles. The molecular formula is C10H8N4O4S2. The molecule has 0 spiro atoms. The lowest BCUT2D eigenvalue weighted by Crippen LogP contribution is -2.22. The highest BCUT2D eigenvalue weighted by atomic mass is 33.1. The molecule has 0 saturated carbocycles. The summed E-state index contributed by atoms with van der Waals surface area (Å²) < 4.78 is 0. The Labute approximate surface area is 121 Å². The van der Waals surface area contributed by atoms with Crippen molar-refractivity contribution >= 4 is 27.3 Å². The summed E-state index contributed by atoms with van der Waals surface area (Å²) in [4.78, 5) is 23.9. The summed E-state index contributed by atoms with van der Waals surface area (Å²) in [6, 6.07) is 2.94. The maximum absolute atomic E-state index is 10.5. The molecule has 1 N–H and O–H groups in total. The normalized spacial score (nSPS) is 17.2. The first-order valence-corrected chi connectivity index (χ1v) is 7.50. The van der Waals surface area contributed by atoms with E-state index in [1.54, 1.807) is 12.1 Å². The van der Waals surface area contributed by atoms with Gasteiger partial charge in [-0.3, -0.25) is 20.2 Å². The zero-order valence-corrected chi connectivity index (χ0v) is 11.5. The predicted molar refractivity (Wildman–Crippen MR) is 75.5 cm³/mol. The van der Waals surface area contributed by atoms with Crippen molar-refractivity contribution in [3.63, 3.8) is 0 Å². The minimum absolute atomic E-state index is 0.000288. The Kier molecular flexibility index (Phi) is 4.58. The highest BCUT2D eigenvalue weighted by Gasteiger charge is 2.15. The SMILES string of the molecule is O=[N+]([O-])C1=CNC(SSc2ccc([N+](=O)[O-])cn2)C=C1. The fourth-order valence-electron chi connectivity index (χ4n) is 1.26. The van der Waals surface area contributed by atoms with Crippen molar-refractivity contribution in [2.75, 3.05) is 0 Å². The van der Waals surface area contributed by atoms with Crippen LogP contribution in [0.1, 0.15) is 0 Å². The number of aromatic nitrogens is 1. The van der Waals surface area contributed by atoms with Gasteiger partial charge in [-0.25, -0.2) is 4.98 Å². The molecule has 0 bridgehead atoms. The van der Waals surface area contributed by atoms with E-state index in [2.05, 4.69) is 10.3 Å². The average molecular weight is 312 g/mol. The van der Waals surface area contributed by atoms with Crippen molar-refractivity contribution in [3.8, 4) is 0 Å². The van der Waals surface area contributed by atoms with Crippen molar-refractivity contribution in [3.05, 3.63) is 62.6 Å². The number of nitrogens with zero attached hydrogens (tertiary/aromatic N) is 3. The molecule has 2 heterocycles. The standard InChI is InChI=1S/C10H8N4O4S2/c15-13(16)7-1-3-9(11-5-7)19-20-10-4-2-8(6-12-10)14(17)18/h1-6,9,11H. The molecule has 10 heteroatoms. The van der Waals surface area contributed by atoms with Gasteiger partial charge in [-0.05, 0) is 22.9 Å². The van der Waals surface area contributed by atoms with Crippen molar-refractivity contribution in [2.45, 2.75) is 10.4 Å². The van der Waals surface area contributed by atoms with E-state index < -0.39 is 9.85 Å². The van der Waals surface area contributed by atoms with Crippen LogP contribution >= 0.6 is 21.6 Å². The van der Waals surface area contributed by atoms with E-state index in [0.717, 1.165) is 0 Å². The van der Waals surface area contributed by atoms with E-state index in [-0.39, 0.29) is 16.8 Å². The first-order chi connectivity index (χ1) is 9.56. The van der Waals surface area contributed by atoms with Crippen LogP contribution in [0, 0.1) is 20.2 Å². The first kappa shape index (κ1) is 14.3. The minimum Gasteiger partial charge on any atom is -0.370 e. The summed E-state index contributed by atoms with van der Waals surface area (Å²) >= 11 is 0.